The van der Waals surface area contributed by atoms with Crippen LogP contribution in [0.15, 0.2) is 24.7 Å². The summed E-state index contributed by atoms with van der Waals surface area (Å²) in [6, 6.07) is 1.68. The van der Waals surface area contributed by atoms with Crippen molar-refractivity contribution < 1.29 is 4.79 Å². The van der Waals surface area contributed by atoms with Gasteiger partial charge in [-0.25, -0.2) is 0 Å². The molecule has 0 saturated carbocycles. The van der Waals surface area contributed by atoms with Gasteiger partial charge < -0.3 is 5.32 Å². The molecule has 0 aromatic carbocycles. The fourth-order valence-electron chi connectivity index (χ4n) is 1.43. The van der Waals surface area contributed by atoms with Gasteiger partial charge in [-0.2, -0.15) is 10.2 Å². The van der Waals surface area contributed by atoms with Crippen molar-refractivity contribution in [2.75, 3.05) is 0 Å². The second-order valence-electron chi connectivity index (χ2n) is 3.54. The molecule has 2 heterocycles. The topological polar surface area (TPSA) is 64.7 Å². The standard InChI is InChI=1S/C10H13N5O/c1-14-7-8(6-13-14)5-11-10(16)9-3-4-12-15(9)2/h3-4,6-7H,5H2,1-2H3,(H,11,16). The van der Waals surface area contributed by atoms with Gasteiger partial charge in [0.1, 0.15) is 5.69 Å². The van der Waals surface area contributed by atoms with Crippen molar-refractivity contribution in [3.8, 4) is 0 Å². The van der Waals surface area contributed by atoms with Crippen LogP contribution in [0.5, 0.6) is 0 Å². The van der Waals surface area contributed by atoms with Gasteiger partial charge in [-0.05, 0) is 6.07 Å². The van der Waals surface area contributed by atoms with Crippen molar-refractivity contribution in [1.29, 1.82) is 0 Å². The van der Waals surface area contributed by atoms with E-state index in [0.29, 0.717) is 12.2 Å². The zero-order chi connectivity index (χ0) is 11.5. The zero-order valence-electron chi connectivity index (χ0n) is 9.21. The molecule has 0 aliphatic carbocycles. The van der Waals surface area contributed by atoms with Crippen molar-refractivity contribution in [3.63, 3.8) is 0 Å². The molecule has 0 fully saturated rings. The van der Waals surface area contributed by atoms with Crippen LogP contribution in [0.3, 0.4) is 0 Å². The molecular weight excluding hydrogens is 206 g/mol. The highest BCUT2D eigenvalue weighted by Gasteiger charge is 2.09. The lowest BCUT2D eigenvalue weighted by molar-refractivity contribution is 0.0941. The van der Waals surface area contributed by atoms with E-state index in [1.807, 2.05) is 13.2 Å². The molecule has 0 radical (unpaired) electrons. The van der Waals surface area contributed by atoms with Crippen LogP contribution < -0.4 is 5.32 Å². The van der Waals surface area contributed by atoms with Crippen LogP contribution in [-0.4, -0.2) is 25.5 Å². The fourth-order valence-corrected chi connectivity index (χ4v) is 1.43. The molecule has 6 heteroatoms. The van der Waals surface area contributed by atoms with E-state index in [1.165, 1.54) is 0 Å². The average Bonchev–Trinajstić information content (AvgIpc) is 2.84. The fraction of sp³-hybridized carbons (Fsp3) is 0.300. The van der Waals surface area contributed by atoms with Crippen LogP contribution >= 0.6 is 0 Å². The van der Waals surface area contributed by atoms with Gasteiger partial charge in [-0.15, -0.1) is 0 Å². The molecular formula is C10H13N5O. The zero-order valence-corrected chi connectivity index (χ0v) is 9.21. The van der Waals surface area contributed by atoms with Gasteiger partial charge >= 0.3 is 0 Å². The number of amides is 1. The molecule has 6 nitrogen and oxygen atoms in total. The molecule has 0 aliphatic rings. The van der Waals surface area contributed by atoms with Crippen molar-refractivity contribution in [3.05, 3.63) is 35.9 Å². The van der Waals surface area contributed by atoms with Crippen molar-refractivity contribution in [2.45, 2.75) is 6.54 Å². The van der Waals surface area contributed by atoms with Gasteiger partial charge in [-0.3, -0.25) is 14.2 Å². The molecule has 1 N–H and O–H groups in total. The predicted molar refractivity (Wildman–Crippen MR) is 57.6 cm³/mol. The minimum Gasteiger partial charge on any atom is -0.347 e. The summed E-state index contributed by atoms with van der Waals surface area (Å²) in [6.45, 7) is 0.470. The molecule has 0 atom stereocenters. The second-order valence-corrected chi connectivity index (χ2v) is 3.54. The maximum absolute atomic E-state index is 11.7. The van der Waals surface area contributed by atoms with E-state index in [1.54, 1.807) is 34.9 Å². The van der Waals surface area contributed by atoms with E-state index in [0.717, 1.165) is 5.56 Å². The third-order valence-corrected chi connectivity index (χ3v) is 2.26. The Balaban J connectivity index is 1.96. The summed E-state index contributed by atoms with van der Waals surface area (Å²) in [4.78, 5) is 11.7. The van der Waals surface area contributed by atoms with Gasteiger partial charge in [0, 0.05) is 38.6 Å². The molecule has 84 valence electrons. The smallest absolute Gasteiger partial charge is 0.269 e. The first-order valence-corrected chi connectivity index (χ1v) is 4.90. The molecule has 0 saturated heterocycles. The highest BCUT2D eigenvalue weighted by molar-refractivity contribution is 5.92. The van der Waals surface area contributed by atoms with E-state index in [-0.39, 0.29) is 5.91 Å². The number of nitrogens with zero attached hydrogens (tertiary/aromatic N) is 4. The average molecular weight is 219 g/mol. The van der Waals surface area contributed by atoms with Crippen LogP contribution in [0.2, 0.25) is 0 Å². The minimum absolute atomic E-state index is 0.135. The third-order valence-electron chi connectivity index (χ3n) is 2.26. The predicted octanol–water partition coefficient (Wildman–Crippen LogP) is 0.0836. The largest absolute Gasteiger partial charge is 0.347 e. The summed E-state index contributed by atoms with van der Waals surface area (Å²) >= 11 is 0. The SMILES string of the molecule is Cn1cc(CNC(=O)c2ccnn2C)cn1. The van der Waals surface area contributed by atoms with E-state index in [2.05, 4.69) is 15.5 Å². The van der Waals surface area contributed by atoms with Crippen molar-refractivity contribution in [1.82, 2.24) is 24.9 Å². The van der Waals surface area contributed by atoms with Gasteiger partial charge in [0.05, 0.1) is 6.20 Å². The molecule has 2 aromatic rings. The summed E-state index contributed by atoms with van der Waals surface area (Å²) in [6.07, 6.45) is 5.19. The Labute approximate surface area is 92.9 Å². The maximum atomic E-state index is 11.7. The van der Waals surface area contributed by atoms with Gasteiger partial charge in [0.15, 0.2) is 0 Å². The van der Waals surface area contributed by atoms with Gasteiger partial charge in [0.2, 0.25) is 0 Å². The lowest BCUT2D eigenvalue weighted by Gasteiger charge is -2.03. The Morgan fingerprint density at radius 2 is 2.25 bits per heavy atom. The van der Waals surface area contributed by atoms with Crippen LogP contribution in [0.4, 0.5) is 0 Å². The Kier molecular flexibility index (Phi) is 2.72. The number of hydrogen-bond donors (Lipinski definition) is 1. The highest BCUT2D eigenvalue weighted by atomic mass is 16.2. The van der Waals surface area contributed by atoms with Gasteiger partial charge in [0.25, 0.3) is 5.91 Å². The Hall–Kier alpha value is -2.11. The first kappa shape index (κ1) is 10.4. The number of carbonyl (C=O) groups is 1. The van der Waals surface area contributed by atoms with Crippen LogP contribution in [-0.2, 0) is 20.6 Å². The summed E-state index contributed by atoms with van der Waals surface area (Å²) in [7, 11) is 3.57. The van der Waals surface area contributed by atoms with Crippen LogP contribution in [0.1, 0.15) is 16.1 Å². The highest BCUT2D eigenvalue weighted by Crippen LogP contribution is 1.99. The molecule has 0 spiro atoms. The Morgan fingerprint density at radius 1 is 1.44 bits per heavy atom. The monoisotopic (exact) mass is 219 g/mol. The van der Waals surface area contributed by atoms with Crippen molar-refractivity contribution >= 4 is 5.91 Å². The molecule has 2 rings (SSSR count). The summed E-state index contributed by atoms with van der Waals surface area (Å²) in [5.41, 5.74) is 1.52. The van der Waals surface area contributed by atoms with E-state index in [4.69, 9.17) is 0 Å². The summed E-state index contributed by atoms with van der Waals surface area (Å²) in [5, 5.41) is 10.8. The van der Waals surface area contributed by atoms with Crippen molar-refractivity contribution in [2.24, 2.45) is 14.1 Å². The van der Waals surface area contributed by atoms with E-state index < -0.39 is 0 Å². The number of carbonyl (C=O) groups excluding carboxylic acids is 1. The van der Waals surface area contributed by atoms with Crippen LogP contribution in [0, 0.1) is 0 Å². The lowest BCUT2D eigenvalue weighted by atomic mass is 10.3. The number of nitrogens with one attached hydrogen (secondary N) is 1. The normalized spacial score (nSPS) is 10.4. The molecule has 0 bridgehead atoms. The number of hydrogen-bond acceptors (Lipinski definition) is 3. The molecule has 16 heavy (non-hydrogen) atoms. The number of aromatic nitrogens is 4. The summed E-state index contributed by atoms with van der Waals surface area (Å²) in [5.74, 6) is -0.135. The first-order valence-electron chi connectivity index (χ1n) is 4.90. The second kappa shape index (κ2) is 4.18. The first-order chi connectivity index (χ1) is 7.66. The van der Waals surface area contributed by atoms with Gasteiger partial charge in [-0.1, -0.05) is 0 Å². The lowest BCUT2D eigenvalue weighted by Crippen LogP contribution is -2.24. The minimum atomic E-state index is -0.135. The molecule has 2 aromatic heterocycles. The number of rotatable bonds is 3. The molecule has 0 unspecified atom stereocenters. The quantitative estimate of drug-likeness (QED) is 0.795. The third kappa shape index (κ3) is 2.10. The number of aryl methyl sites for hydroxylation is 2. The molecule has 1 amide bonds. The Bertz CT molecular complexity index is 499. The maximum Gasteiger partial charge on any atom is 0.269 e. The molecule has 0 aliphatic heterocycles. The van der Waals surface area contributed by atoms with Crippen LogP contribution in [0.25, 0.3) is 0 Å². The van der Waals surface area contributed by atoms with E-state index in [9.17, 15) is 4.79 Å². The Morgan fingerprint density at radius 3 is 2.81 bits per heavy atom. The summed E-state index contributed by atoms with van der Waals surface area (Å²) < 4.78 is 3.24. The van der Waals surface area contributed by atoms with E-state index >= 15 is 0 Å².